The molecule has 0 aliphatic heterocycles. The van der Waals surface area contributed by atoms with Gasteiger partial charge in [0.25, 0.3) is 5.91 Å². The summed E-state index contributed by atoms with van der Waals surface area (Å²) in [5.74, 6) is -0.492. The zero-order valence-corrected chi connectivity index (χ0v) is 16.8. The number of benzene rings is 2. The van der Waals surface area contributed by atoms with E-state index in [1.807, 2.05) is 24.3 Å². The Hall–Kier alpha value is -3.33. The molecule has 0 radical (unpaired) electrons. The van der Waals surface area contributed by atoms with Crippen LogP contribution in [0.2, 0.25) is 0 Å². The second-order valence-electron chi connectivity index (χ2n) is 7.20. The van der Waals surface area contributed by atoms with Gasteiger partial charge in [0.2, 0.25) is 0 Å². The molecule has 2 N–H and O–H groups in total. The first kappa shape index (κ1) is 18.7. The van der Waals surface area contributed by atoms with E-state index < -0.39 is 0 Å². The Balaban J connectivity index is 1.33. The van der Waals surface area contributed by atoms with Gasteiger partial charge in [-0.2, -0.15) is 15.0 Å². The molecule has 30 heavy (non-hydrogen) atoms. The molecule has 0 bridgehead atoms. The van der Waals surface area contributed by atoms with Gasteiger partial charge in [0, 0.05) is 12.1 Å². The number of nitrogens with zero attached hydrogens (tertiary/aromatic N) is 4. The highest BCUT2D eigenvalue weighted by atomic mass is 32.1. The molecule has 152 valence electrons. The van der Waals surface area contributed by atoms with Gasteiger partial charge in [-0.25, -0.2) is 9.37 Å². The highest BCUT2D eigenvalue weighted by molar-refractivity contribution is 7.22. The summed E-state index contributed by atoms with van der Waals surface area (Å²) in [6, 6.07) is 12.2. The summed E-state index contributed by atoms with van der Waals surface area (Å²) in [6.07, 6.45) is 5.92. The van der Waals surface area contributed by atoms with E-state index in [1.165, 1.54) is 22.2 Å². The van der Waals surface area contributed by atoms with Crippen LogP contribution in [-0.2, 0) is 0 Å². The number of hydrogen-bond donors (Lipinski definition) is 2. The fourth-order valence-corrected chi connectivity index (χ4v) is 4.81. The SMILES string of the molecule is O=C(NC1CCC[C@@H]1Nc1nc2c(F)cccc2s1)c1ccccc1-n1nccn1. The minimum absolute atomic E-state index is 0.0348. The lowest BCUT2D eigenvalue weighted by Gasteiger charge is -2.22. The van der Waals surface area contributed by atoms with Gasteiger partial charge in [-0.15, -0.1) is 0 Å². The summed E-state index contributed by atoms with van der Waals surface area (Å²) in [4.78, 5) is 18.9. The van der Waals surface area contributed by atoms with Gasteiger partial charge in [-0.3, -0.25) is 4.79 Å². The maximum Gasteiger partial charge on any atom is 0.253 e. The number of thiazole rings is 1. The monoisotopic (exact) mass is 422 g/mol. The third-order valence-corrected chi connectivity index (χ3v) is 6.25. The molecular weight excluding hydrogens is 403 g/mol. The summed E-state index contributed by atoms with van der Waals surface area (Å²) in [5, 5.41) is 15.5. The van der Waals surface area contributed by atoms with E-state index >= 15 is 0 Å². The third-order valence-electron chi connectivity index (χ3n) is 5.29. The zero-order chi connectivity index (χ0) is 20.5. The van der Waals surface area contributed by atoms with Crippen molar-refractivity contribution < 1.29 is 9.18 Å². The standard InChI is InChI=1S/C21H19FN6OS/c22-14-6-3-10-18-19(14)27-21(30-18)26-16-8-4-7-15(16)25-20(29)13-5-1-2-9-17(13)28-23-11-12-24-28/h1-3,5-6,9-12,15-16H,4,7-8H2,(H,25,29)(H,26,27)/t15?,16-/m0/s1. The normalized spacial score (nSPS) is 18.6. The molecule has 2 atom stereocenters. The van der Waals surface area contributed by atoms with Crippen molar-refractivity contribution in [2.45, 2.75) is 31.3 Å². The topological polar surface area (TPSA) is 84.7 Å². The van der Waals surface area contributed by atoms with Gasteiger partial charge in [-0.05, 0) is 43.5 Å². The number of hydrogen-bond acceptors (Lipinski definition) is 6. The lowest BCUT2D eigenvalue weighted by Crippen LogP contribution is -2.43. The molecule has 4 aromatic rings. The van der Waals surface area contributed by atoms with E-state index in [0.29, 0.717) is 21.9 Å². The van der Waals surface area contributed by atoms with Crippen molar-refractivity contribution in [3.63, 3.8) is 0 Å². The van der Waals surface area contributed by atoms with Crippen LogP contribution in [0.15, 0.2) is 54.9 Å². The fraction of sp³-hybridized carbons (Fsp3) is 0.238. The van der Waals surface area contributed by atoms with Gasteiger partial charge in [-0.1, -0.05) is 29.5 Å². The average molecular weight is 422 g/mol. The Morgan fingerprint density at radius 2 is 1.87 bits per heavy atom. The predicted octanol–water partition coefficient (Wildman–Crippen LogP) is 3.78. The van der Waals surface area contributed by atoms with Gasteiger partial charge in [0.05, 0.1) is 28.3 Å². The van der Waals surface area contributed by atoms with Crippen LogP contribution in [-0.4, -0.2) is 38.0 Å². The summed E-state index contributed by atoms with van der Waals surface area (Å²) in [7, 11) is 0. The van der Waals surface area contributed by atoms with E-state index in [2.05, 4.69) is 25.8 Å². The molecule has 1 amide bonds. The number of rotatable bonds is 5. The number of halogens is 1. The molecule has 0 spiro atoms. The number of fused-ring (bicyclic) bond motifs is 1. The van der Waals surface area contributed by atoms with E-state index in [1.54, 1.807) is 24.5 Å². The van der Waals surface area contributed by atoms with E-state index in [4.69, 9.17) is 0 Å². The smallest absolute Gasteiger partial charge is 0.253 e. The quantitative estimate of drug-likeness (QED) is 0.511. The number of nitrogens with one attached hydrogen (secondary N) is 2. The molecule has 1 saturated carbocycles. The van der Waals surface area contributed by atoms with Crippen molar-refractivity contribution in [3.05, 3.63) is 66.2 Å². The Labute approximate surface area is 175 Å². The largest absolute Gasteiger partial charge is 0.357 e. The Morgan fingerprint density at radius 1 is 1.07 bits per heavy atom. The van der Waals surface area contributed by atoms with Crippen molar-refractivity contribution >= 4 is 32.6 Å². The van der Waals surface area contributed by atoms with Crippen LogP contribution < -0.4 is 10.6 Å². The third kappa shape index (κ3) is 3.52. The second-order valence-corrected chi connectivity index (χ2v) is 8.23. The van der Waals surface area contributed by atoms with E-state index in [9.17, 15) is 9.18 Å². The maximum atomic E-state index is 14.0. The van der Waals surface area contributed by atoms with Gasteiger partial charge in [0.1, 0.15) is 11.3 Å². The van der Waals surface area contributed by atoms with Crippen molar-refractivity contribution in [2.75, 3.05) is 5.32 Å². The molecule has 2 aromatic carbocycles. The van der Waals surface area contributed by atoms with Crippen molar-refractivity contribution in [1.82, 2.24) is 25.3 Å². The molecule has 1 unspecified atom stereocenters. The first-order chi connectivity index (χ1) is 14.7. The van der Waals surface area contributed by atoms with Crippen molar-refractivity contribution in [1.29, 1.82) is 0 Å². The molecule has 7 nitrogen and oxygen atoms in total. The number of carbonyl (C=O) groups is 1. The summed E-state index contributed by atoms with van der Waals surface area (Å²) in [6.45, 7) is 0. The molecule has 5 rings (SSSR count). The number of anilines is 1. The molecule has 9 heteroatoms. The van der Waals surface area contributed by atoms with Gasteiger partial charge >= 0.3 is 0 Å². The minimum atomic E-state index is -0.322. The van der Waals surface area contributed by atoms with Crippen LogP contribution in [0.3, 0.4) is 0 Å². The van der Waals surface area contributed by atoms with Crippen LogP contribution in [0.5, 0.6) is 0 Å². The Morgan fingerprint density at radius 3 is 2.70 bits per heavy atom. The average Bonchev–Trinajstić information content (AvgIpc) is 3.50. The van der Waals surface area contributed by atoms with Crippen molar-refractivity contribution in [3.8, 4) is 5.69 Å². The molecular formula is C21H19FN6OS. The van der Waals surface area contributed by atoms with Crippen LogP contribution in [0.25, 0.3) is 15.9 Å². The van der Waals surface area contributed by atoms with Gasteiger partial charge in [0.15, 0.2) is 5.13 Å². The number of carbonyl (C=O) groups excluding carboxylic acids is 1. The van der Waals surface area contributed by atoms with Crippen LogP contribution >= 0.6 is 11.3 Å². The summed E-state index contributed by atoms with van der Waals surface area (Å²) >= 11 is 1.42. The lowest BCUT2D eigenvalue weighted by molar-refractivity contribution is 0.0935. The molecule has 0 saturated heterocycles. The highest BCUT2D eigenvalue weighted by Crippen LogP contribution is 2.30. The molecule has 2 heterocycles. The molecule has 1 aliphatic rings. The molecule has 1 fully saturated rings. The maximum absolute atomic E-state index is 14.0. The zero-order valence-electron chi connectivity index (χ0n) is 16.0. The number of aromatic nitrogens is 4. The molecule has 2 aromatic heterocycles. The summed E-state index contributed by atoms with van der Waals surface area (Å²) in [5.41, 5.74) is 1.52. The Kier molecular flexibility index (Phi) is 4.88. The van der Waals surface area contributed by atoms with Gasteiger partial charge < -0.3 is 10.6 Å². The minimum Gasteiger partial charge on any atom is -0.357 e. The van der Waals surface area contributed by atoms with Crippen molar-refractivity contribution in [2.24, 2.45) is 0 Å². The number of para-hydroxylation sites is 2. The van der Waals surface area contributed by atoms with Crippen LogP contribution in [0.4, 0.5) is 9.52 Å². The first-order valence-electron chi connectivity index (χ1n) is 9.77. The van der Waals surface area contributed by atoms with E-state index in [-0.39, 0.29) is 23.8 Å². The van der Waals surface area contributed by atoms with Crippen LogP contribution in [0, 0.1) is 5.82 Å². The van der Waals surface area contributed by atoms with E-state index in [0.717, 1.165) is 24.0 Å². The Bertz CT molecular complexity index is 1190. The predicted molar refractivity (Wildman–Crippen MR) is 113 cm³/mol. The lowest BCUT2D eigenvalue weighted by atomic mass is 10.1. The molecule has 1 aliphatic carbocycles. The first-order valence-corrected chi connectivity index (χ1v) is 10.6. The second kappa shape index (κ2) is 7.83. The number of amides is 1. The highest BCUT2D eigenvalue weighted by Gasteiger charge is 2.30. The van der Waals surface area contributed by atoms with Crippen LogP contribution in [0.1, 0.15) is 29.6 Å². The summed E-state index contributed by atoms with van der Waals surface area (Å²) < 4.78 is 14.8. The fourth-order valence-electron chi connectivity index (χ4n) is 3.87.